The minimum atomic E-state index is -0.219. The van der Waals surface area contributed by atoms with Crippen molar-refractivity contribution in [2.24, 2.45) is 0 Å². The van der Waals surface area contributed by atoms with Crippen LogP contribution in [0, 0.1) is 5.41 Å². The van der Waals surface area contributed by atoms with E-state index in [-0.39, 0.29) is 11.7 Å². The molecule has 6 heteroatoms. The number of hydrogen-bond donors (Lipinski definition) is 1. The van der Waals surface area contributed by atoms with Gasteiger partial charge in [0.05, 0.1) is 0 Å². The highest BCUT2D eigenvalue weighted by molar-refractivity contribution is 6.37. The van der Waals surface area contributed by atoms with E-state index in [4.69, 9.17) is 17.0 Å². The van der Waals surface area contributed by atoms with Crippen LogP contribution in [0.1, 0.15) is 19.4 Å². The van der Waals surface area contributed by atoms with Crippen molar-refractivity contribution in [3.05, 3.63) is 65.0 Å². The van der Waals surface area contributed by atoms with E-state index >= 15 is 0 Å². The molecule has 0 spiro atoms. The fraction of sp³-hybridized carbons (Fsp3) is 0.158. The predicted octanol–water partition coefficient (Wildman–Crippen LogP) is 3.97. The van der Waals surface area contributed by atoms with Crippen LogP contribution in [0.5, 0.6) is 0 Å². The van der Waals surface area contributed by atoms with Gasteiger partial charge in [-0.15, -0.1) is 0 Å². The van der Waals surface area contributed by atoms with Crippen LogP contribution in [0.15, 0.2) is 54.4 Å². The number of likely N-dealkylation sites (N-methyl/N-ethyl adjacent to an activating group) is 1. The molecule has 3 rings (SSSR count). The first-order valence-electron chi connectivity index (χ1n) is 7.93. The molecule has 1 aliphatic rings. The van der Waals surface area contributed by atoms with Crippen LogP contribution in [0.3, 0.4) is 0 Å². The molecule has 0 atom stereocenters. The summed E-state index contributed by atoms with van der Waals surface area (Å²) in [5, 5.41) is 8.58. The van der Waals surface area contributed by atoms with Gasteiger partial charge in [0.1, 0.15) is 5.84 Å². The van der Waals surface area contributed by atoms with Crippen molar-refractivity contribution >= 4 is 28.9 Å². The monoisotopic (exact) mass is 352 g/mol. The zero-order chi connectivity index (χ0) is 18.0. The van der Waals surface area contributed by atoms with Gasteiger partial charge in [-0.25, -0.2) is 9.97 Å². The Morgan fingerprint density at radius 1 is 1.28 bits per heavy atom. The van der Waals surface area contributed by atoms with Gasteiger partial charge in [0.2, 0.25) is 0 Å². The summed E-state index contributed by atoms with van der Waals surface area (Å²) in [4.78, 5) is 22.6. The summed E-state index contributed by atoms with van der Waals surface area (Å²) >= 11 is 6.46. The van der Waals surface area contributed by atoms with Crippen LogP contribution in [0.2, 0.25) is 5.02 Å². The summed E-state index contributed by atoms with van der Waals surface area (Å²) in [7, 11) is 0. The second-order valence-corrected chi connectivity index (χ2v) is 5.87. The fourth-order valence-electron chi connectivity index (χ4n) is 2.72. The molecule has 2 aromatic rings. The first kappa shape index (κ1) is 17.0. The lowest BCUT2D eigenvalue weighted by Gasteiger charge is -2.28. The summed E-state index contributed by atoms with van der Waals surface area (Å²) in [6, 6.07) is 7.15. The van der Waals surface area contributed by atoms with Gasteiger partial charge in [-0.1, -0.05) is 29.8 Å². The quantitative estimate of drug-likeness (QED) is 0.908. The Balaban J connectivity index is 2.07. The first-order valence-corrected chi connectivity index (χ1v) is 8.30. The number of carbonyl (C=O) groups is 1. The van der Waals surface area contributed by atoms with E-state index in [1.54, 1.807) is 36.7 Å². The summed E-state index contributed by atoms with van der Waals surface area (Å²) in [5.74, 6) is 0.568. The molecule has 0 bridgehead atoms. The van der Waals surface area contributed by atoms with Crippen molar-refractivity contribution in [2.75, 3.05) is 6.54 Å². The molecular weight excluding hydrogens is 336 g/mol. The van der Waals surface area contributed by atoms with Gasteiger partial charge in [0.15, 0.2) is 5.82 Å². The van der Waals surface area contributed by atoms with E-state index in [1.165, 1.54) is 4.90 Å². The van der Waals surface area contributed by atoms with Gasteiger partial charge in [0.25, 0.3) is 5.91 Å². The Hall–Kier alpha value is -2.79. The number of hydrogen-bond acceptors (Lipinski definition) is 4. The Morgan fingerprint density at radius 3 is 2.60 bits per heavy atom. The molecule has 0 aliphatic carbocycles. The minimum Gasteiger partial charge on any atom is -0.293 e. The third-order valence-corrected chi connectivity index (χ3v) is 4.34. The van der Waals surface area contributed by atoms with E-state index in [1.807, 2.05) is 26.0 Å². The normalized spacial score (nSPS) is 16.4. The average Bonchev–Trinajstić information content (AvgIpc) is 2.63. The summed E-state index contributed by atoms with van der Waals surface area (Å²) in [5.41, 5.74) is 2.60. The SMILES string of the molecule is C/C=C1/C=C(c2ccc(-c3ncccn3)cc2Cl)C(=O)N(CC)C1=N. The van der Waals surface area contributed by atoms with Crippen LogP contribution in [0.25, 0.3) is 17.0 Å². The number of carbonyl (C=O) groups excluding carboxylic acids is 1. The molecule has 1 N–H and O–H groups in total. The van der Waals surface area contributed by atoms with E-state index in [2.05, 4.69) is 9.97 Å². The fourth-order valence-corrected chi connectivity index (χ4v) is 3.01. The molecule has 0 radical (unpaired) electrons. The molecule has 5 nitrogen and oxygen atoms in total. The number of halogens is 1. The predicted molar refractivity (Wildman–Crippen MR) is 99.3 cm³/mol. The van der Waals surface area contributed by atoms with Crippen molar-refractivity contribution in [3.63, 3.8) is 0 Å². The smallest absolute Gasteiger partial charge is 0.260 e. The molecule has 2 heterocycles. The Kier molecular flexibility index (Phi) is 4.76. The number of nitrogens with one attached hydrogen (secondary N) is 1. The summed E-state index contributed by atoms with van der Waals surface area (Å²) in [6.07, 6.45) is 6.87. The van der Waals surface area contributed by atoms with E-state index in [0.717, 1.165) is 5.56 Å². The zero-order valence-corrected chi connectivity index (χ0v) is 14.7. The maximum Gasteiger partial charge on any atom is 0.260 e. The van der Waals surface area contributed by atoms with Crippen LogP contribution in [0.4, 0.5) is 0 Å². The minimum absolute atomic E-state index is 0.212. The molecule has 1 aliphatic heterocycles. The highest BCUT2D eigenvalue weighted by Crippen LogP contribution is 2.32. The van der Waals surface area contributed by atoms with Crippen LogP contribution < -0.4 is 0 Å². The molecule has 0 fully saturated rings. The molecule has 0 saturated carbocycles. The number of nitrogens with zero attached hydrogens (tertiary/aromatic N) is 3. The Bertz CT molecular complexity index is 903. The lowest BCUT2D eigenvalue weighted by molar-refractivity contribution is -0.121. The number of benzene rings is 1. The highest BCUT2D eigenvalue weighted by Gasteiger charge is 2.29. The Morgan fingerprint density at radius 2 is 2.00 bits per heavy atom. The second-order valence-electron chi connectivity index (χ2n) is 5.47. The van der Waals surface area contributed by atoms with Crippen molar-refractivity contribution in [1.29, 1.82) is 5.41 Å². The van der Waals surface area contributed by atoms with Gasteiger partial charge in [-0.2, -0.15) is 0 Å². The molecule has 0 unspecified atom stereocenters. The highest BCUT2D eigenvalue weighted by atomic mass is 35.5. The largest absolute Gasteiger partial charge is 0.293 e. The number of amidine groups is 1. The number of allylic oxidation sites excluding steroid dienone is 1. The van der Waals surface area contributed by atoms with Crippen molar-refractivity contribution in [2.45, 2.75) is 13.8 Å². The topological polar surface area (TPSA) is 69.9 Å². The molecule has 25 heavy (non-hydrogen) atoms. The first-order chi connectivity index (χ1) is 12.1. The van der Waals surface area contributed by atoms with Gasteiger partial charge < -0.3 is 0 Å². The summed E-state index contributed by atoms with van der Waals surface area (Å²) < 4.78 is 0. The molecule has 0 saturated heterocycles. The molecule has 126 valence electrons. The van der Waals surface area contributed by atoms with Crippen molar-refractivity contribution < 1.29 is 4.79 Å². The third-order valence-electron chi connectivity index (χ3n) is 4.03. The van der Waals surface area contributed by atoms with Crippen molar-refractivity contribution in [1.82, 2.24) is 14.9 Å². The average molecular weight is 353 g/mol. The van der Waals surface area contributed by atoms with Crippen LogP contribution in [-0.2, 0) is 4.79 Å². The van der Waals surface area contributed by atoms with Gasteiger partial charge in [-0.3, -0.25) is 15.1 Å². The van der Waals surface area contributed by atoms with E-state index in [0.29, 0.717) is 34.1 Å². The number of rotatable bonds is 3. The van der Waals surface area contributed by atoms with E-state index in [9.17, 15) is 4.79 Å². The lowest BCUT2D eigenvalue weighted by atomic mass is 9.95. The maximum atomic E-state index is 12.7. The zero-order valence-electron chi connectivity index (χ0n) is 14.0. The van der Waals surface area contributed by atoms with E-state index < -0.39 is 0 Å². The number of amides is 1. The molecule has 1 aromatic carbocycles. The Labute approximate surface area is 151 Å². The molecule has 1 amide bonds. The molecular formula is C19H17ClN4O. The second kappa shape index (κ2) is 6.99. The maximum absolute atomic E-state index is 12.7. The van der Waals surface area contributed by atoms with Gasteiger partial charge >= 0.3 is 0 Å². The van der Waals surface area contributed by atoms with Gasteiger partial charge in [-0.05, 0) is 32.1 Å². The summed E-state index contributed by atoms with van der Waals surface area (Å²) in [6.45, 7) is 4.12. The van der Waals surface area contributed by atoms with Crippen LogP contribution >= 0.6 is 11.6 Å². The van der Waals surface area contributed by atoms with Gasteiger partial charge in [0, 0.05) is 46.2 Å². The lowest BCUT2D eigenvalue weighted by Crippen LogP contribution is -2.40. The number of aromatic nitrogens is 2. The van der Waals surface area contributed by atoms with Crippen LogP contribution in [-0.4, -0.2) is 33.2 Å². The molecule has 1 aromatic heterocycles. The van der Waals surface area contributed by atoms with Crippen molar-refractivity contribution in [3.8, 4) is 11.4 Å². The standard InChI is InChI=1S/C19H17ClN4O/c1-3-12-10-15(19(25)24(4-2)17(12)21)14-7-6-13(11-16(14)20)18-22-8-5-9-23-18/h3,5-11,21H,4H2,1-2H3/b12-3-,21-17?. The third kappa shape index (κ3) is 3.10.